The molecule has 0 amide bonds. The summed E-state index contributed by atoms with van der Waals surface area (Å²) in [6, 6.07) is 11.8. The Kier molecular flexibility index (Phi) is 4.34. The third-order valence-corrected chi connectivity index (χ3v) is 4.01. The van der Waals surface area contributed by atoms with E-state index < -0.39 is 0 Å². The molecule has 4 nitrogen and oxygen atoms in total. The average molecular weight is 283 g/mol. The molecule has 0 atom stereocenters. The molecule has 1 aliphatic rings. The van der Waals surface area contributed by atoms with Crippen molar-refractivity contribution in [3.63, 3.8) is 0 Å². The first-order chi connectivity index (χ1) is 10.3. The molecular weight excluding hydrogens is 262 g/mol. The zero-order chi connectivity index (χ0) is 14.5. The van der Waals surface area contributed by atoms with Gasteiger partial charge in [0.1, 0.15) is 0 Å². The van der Waals surface area contributed by atoms with Crippen molar-refractivity contribution in [1.29, 1.82) is 0 Å². The van der Waals surface area contributed by atoms with Crippen molar-refractivity contribution >= 4 is 5.95 Å². The van der Waals surface area contributed by atoms with Gasteiger partial charge in [-0.2, -0.15) is 0 Å². The highest BCUT2D eigenvalue weighted by Crippen LogP contribution is 2.20. The molecule has 2 N–H and O–H groups in total. The normalized spacial score (nSPS) is 16.4. The van der Waals surface area contributed by atoms with E-state index in [1.807, 2.05) is 30.3 Å². The molecule has 0 bridgehead atoms. The molecule has 1 aromatic carbocycles. The first-order valence-electron chi connectivity index (χ1n) is 7.74. The number of anilines is 1. The van der Waals surface area contributed by atoms with Gasteiger partial charge in [-0.25, -0.2) is 4.98 Å². The van der Waals surface area contributed by atoms with E-state index in [0.717, 1.165) is 24.1 Å². The van der Waals surface area contributed by atoms with E-state index >= 15 is 0 Å². The summed E-state index contributed by atoms with van der Waals surface area (Å²) in [5.74, 6) is 0.591. The van der Waals surface area contributed by atoms with Crippen LogP contribution in [0.25, 0.3) is 11.3 Å². The van der Waals surface area contributed by atoms with Crippen LogP contribution in [-0.4, -0.2) is 16.0 Å². The third-order valence-electron chi connectivity index (χ3n) is 4.01. The van der Waals surface area contributed by atoms with Gasteiger partial charge in [0.2, 0.25) is 5.95 Å². The molecule has 21 heavy (non-hydrogen) atoms. The highest BCUT2D eigenvalue weighted by Gasteiger charge is 2.13. The minimum absolute atomic E-state index is 0.111. The van der Waals surface area contributed by atoms with Crippen LogP contribution in [0.5, 0.6) is 0 Å². The molecular formula is C17H21N3O. The van der Waals surface area contributed by atoms with Crippen molar-refractivity contribution < 1.29 is 0 Å². The first kappa shape index (κ1) is 13.9. The molecule has 0 unspecified atom stereocenters. The van der Waals surface area contributed by atoms with Crippen molar-refractivity contribution in [1.82, 2.24) is 9.97 Å². The number of hydrogen-bond donors (Lipinski definition) is 2. The standard InChI is InChI=1S/C17H21N3O/c21-16-12-15(13-8-4-3-5-9-13)19-17(20-16)18-14-10-6-1-2-7-11-14/h3-5,8-9,12,14H,1-2,6-7,10-11H2,(H2,18,19,20,21). The number of rotatable bonds is 3. The van der Waals surface area contributed by atoms with Crippen molar-refractivity contribution in [2.24, 2.45) is 0 Å². The Morgan fingerprint density at radius 3 is 2.48 bits per heavy atom. The molecule has 0 spiro atoms. The predicted molar refractivity (Wildman–Crippen MR) is 85.4 cm³/mol. The van der Waals surface area contributed by atoms with E-state index in [2.05, 4.69) is 15.3 Å². The van der Waals surface area contributed by atoms with Gasteiger partial charge >= 0.3 is 0 Å². The van der Waals surface area contributed by atoms with Gasteiger partial charge in [-0.1, -0.05) is 56.0 Å². The van der Waals surface area contributed by atoms with Crippen LogP contribution in [0.2, 0.25) is 0 Å². The molecule has 0 radical (unpaired) electrons. The monoisotopic (exact) mass is 283 g/mol. The summed E-state index contributed by atoms with van der Waals surface area (Å²) in [7, 11) is 0. The Hall–Kier alpha value is -2.10. The van der Waals surface area contributed by atoms with Crippen molar-refractivity contribution in [3.8, 4) is 11.3 Å². The molecule has 3 rings (SSSR count). The highest BCUT2D eigenvalue weighted by molar-refractivity contribution is 5.59. The number of aromatic nitrogens is 2. The minimum atomic E-state index is -0.111. The zero-order valence-electron chi connectivity index (χ0n) is 12.1. The van der Waals surface area contributed by atoms with Crippen LogP contribution < -0.4 is 10.9 Å². The molecule has 1 aromatic heterocycles. The fourth-order valence-corrected chi connectivity index (χ4v) is 2.90. The molecule has 0 aliphatic heterocycles. The van der Waals surface area contributed by atoms with Gasteiger partial charge in [0.15, 0.2) is 0 Å². The van der Waals surface area contributed by atoms with Crippen LogP contribution >= 0.6 is 0 Å². The summed E-state index contributed by atoms with van der Waals surface area (Å²) in [4.78, 5) is 19.2. The van der Waals surface area contributed by atoms with Gasteiger partial charge in [0.25, 0.3) is 5.56 Å². The van der Waals surface area contributed by atoms with Gasteiger partial charge in [-0.15, -0.1) is 0 Å². The lowest BCUT2D eigenvalue weighted by Gasteiger charge is -2.16. The number of benzene rings is 1. The van der Waals surface area contributed by atoms with E-state index in [9.17, 15) is 4.79 Å². The maximum Gasteiger partial charge on any atom is 0.252 e. The van der Waals surface area contributed by atoms with Gasteiger partial charge in [-0.05, 0) is 12.8 Å². The fourth-order valence-electron chi connectivity index (χ4n) is 2.90. The van der Waals surface area contributed by atoms with Crippen LogP contribution in [0.3, 0.4) is 0 Å². The number of nitrogens with one attached hydrogen (secondary N) is 2. The zero-order valence-corrected chi connectivity index (χ0v) is 12.1. The number of nitrogens with zero attached hydrogens (tertiary/aromatic N) is 1. The van der Waals surface area contributed by atoms with E-state index in [4.69, 9.17) is 0 Å². The highest BCUT2D eigenvalue weighted by atomic mass is 16.1. The van der Waals surface area contributed by atoms with Crippen molar-refractivity contribution in [2.75, 3.05) is 5.32 Å². The van der Waals surface area contributed by atoms with Crippen LogP contribution in [0.4, 0.5) is 5.95 Å². The predicted octanol–water partition coefficient (Wildman–Crippen LogP) is 3.57. The van der Waals surface area contributed by atoms with E-state index in [1.165, 1.54) is 25.7 Å². The SMILES string of the molecule is O=c1cc(-c2ccccc2)nc(NC2CCCCCC2)[nH]1. The molecule has 4 heteroatoms. The second-order valence-electron chi connectivity index (χ2n) is 5.68. The summed E-state index contributed by atoms with van der Waals surface area (Å²) < 4.78 is 0. The largest absolute Gasteiger partial charge is 0.353 e. The van der Waals surface area contributed by atoms with Crippen LogP contribution in [0.1, 0.15) is 38.5 Å². The molecule has 1 saturated carbocycles. The second kappa shape index (κ2) is 6.57. The van der Waals surface area contributed by atoms with Crippen molar-refractivity contribution in [2.45, 2.75) is 44.6 Å². The maximum absolute atomic E-state index is 11.9. The van der Waals surface area contributed by atoms with E-state index in [1.54, 1.807) is 6.07 Å². The molecule has 2 aromatic rings. The Morgan fingerprint density at radius 1 is 1.05 bits per heavy atom. The molecule has 1 heterocycles. The third kappa shape index (κ3) is 3.72. The van der Waals surface area contributed by atoms with Crippen LogP contribution in [0, 0.1) is 0 Å². The molecule has 110 valence electrons. The first-order valence-corrected chi connectivity index (χ1v) is 7.74. The number of aromatic amines is 1. The Balaban J connectivity index is 1.82. The van der Waals surface area contributed by atoms with Crippen LogP contribution in [-0.2, 0) is 0 Å². The van der Waals surface area contributed by atoms with Crippen molar-refractivity contribution in [3.05, 3.63) is 46.8 Å². The summed E-state index contributed by atoms with van der Waals surface area (Å²) in [6.07, 6.45) is 7.43. The second-order valence-corrected chi connectivity index (χ2v) is 5.68. The lowest BCUT2D eigenvalue weighted by atomic mass is 10.1. The topological polar surface area (TPSA) is 57.8 Å². The summed E-state index contributed by atoms with van der Waals surface area (Å²) in [5, 5.41) is 3.41. The van der Waals surface area contributed by atoms with Gasteiger partial charge in [0.05, 0.1) is 5.69 Å². The molecule has 1 aliphatic carbocycles. The van der Waals surface area contributed by atoms with E-state index in [0.29, 0.717) is 12.0 Å². The lowest BCUT2D eigenvalue weighted by Crippen LogP contribution is -2.22. The average Bonchev–Trinajstić information content (AvgIpc) is 2.76. The van der Waals surface area contributed by atoms with Gasteiger partial charge in [0, 0.05) is 17.7 Å². The van der Waals surface area contributed by atoms with Gasteiger partial charge < -0.3 is 5.32 Å². The van der Waals surface area contributed by atoms with E-state index in [-0.39, 0.29) is 5.56 Å². The number of hydrogen-bond acceptors (Lipinski definition) is 3. The summed E-state index contributed by atoms with van der Waals surface area (Å²) >= 11 is 0. The fraction of sp³-hybridized carbons (Fsp3) is 0.412. The Bertz CT molecular complexity index is 628. The van der Waals surface area contributed by atoms with Crippen LogP contribution in [0.15, 0.2) is 41.2 Å². The summed E-state index contributed by atoms with van der Waals surface area (Å²) in [5.41, 5.74) is 1.57. The Morgan fingerprint density at radius 2 is 1.76 bits per heavy atom. The molecule has 1 fully saturated rings. The molecule has 0 saturated heterocycles. The Labute approximate surface area is 124 Å². The maximum atomic E-state index is 11.9. The lowest BCUT2D eigenvalue weighted by molar-refractivity contribution is 0.614. The minimum Gasteiger partial charge on any atom is -0.353 e. The smallest absolute Gasteiger partial charge is 0.252 e. The number of H-pyrrole nitrogens is 1. The quantitative estimate of drug-likeness (QED) is 0.847. The summed E-state index contributed by atoms with van der Waals surface area (Å²) in [6.45, 7) is 0. The van der Waals surface area contributed by atoms with Gasteiger partial charge in [-0.3, -0.25) is 9.78 Å².